The highest BCUT2D eigenvalue weighted by Crippen LogP contribution is 2.39. The predicted octanol–water partition coefficient (Wildman–Crippen LogP) is 2.92. The second-order valence-electron chi connectivity index (χ2n) is 8.93. The molecule has 0 aliphatic carbocycles. The number of hydrogen-bond acceptors (Lipinski definition) is 11. The van der Waals surface area contributed by atoms with Crippen LogP contribution < -0.4 is 38.6 Å². The van der Waals surface area contributed by atoms with Gasteiger partial charge in [-0.1, -0.05) is 30.1 Å². The van der Waals surface area contributed by atoms with Crippen LogP contribution in [0.15, 0.2) is 64.0 Å². The van der Waals surface area contributed by atoms with Crippen LogP contribution in [0.3, 0.4) is 0 Å². The fraction of sp³-hybridized carbons (Fsp3) is 0.267. The minimum Gasteiger partial charge on any atom is -0.493 e. The summed E-state index contributed by atoms with van der Waals surface area (Å²) in [6.45, 7) is 6.53. The van der Waals surface area contributed by atoms with Crippen LogP contribution in [-0.2, 0) is 14.3 Å². The van der Waals surface area contributed by atoms with Crippen molar-refractivity contribution in [3.8, 4) is 28.7 Å². The third kappa shape index (κ3) is 5.79. The molecule has 0 saturated heterocycles. The number of esters is 2. The first kappa shape index (κ1) is 30.1. The molecule has 1 unspecified atom stereocenters. The molecule has 0 bridgehead atoms. The zero-order valence-corrected chi connectivity index (χ0v) is 24.8. The summed E-state index contributed by atoms with van der Waals surface area (Å²) in [5.41, 5.74) is 1.31. The Morgan fingerprint density at radius 1 is 1.00 bits per heavy atom. The standard InChI is InChI=1S/C30H30N2O9S/c1-8-11-40-29(35)25-16(2)31-30-32(26(25)19-9-10-20(41-17(3)33)21(15-19)36-4)28(34)24(42-30)14-18-12-22(37-5)27(39-7)23(13-18)38-6/h8-10,12-15,26H,1,11H2,2-7H3/b24-14-. The predicted molar refractivity (Wildman–Crippen MR) is 155 cm³/mol. The molecule has 0 saturated carbocycles. The second-order valence-corrected chi connectivity index (χ2v) is 9.94. The van der Waals surface area contributed by atoms with Gasteiger partial charge in [-0.2, -0.15) is 0 Å². The van der Waals surface area contributed by atoms with E-state index in [0.29, 0.717) is 43.4 Å². The van der Waals surface area contributed by atoms with Gasteiger partial charge in [0.15, 0.2) is 27.8 Å². The number of aromatic nitrogens is 1. The molecule has 11 nitrogen and oxygen atoms in total. The Kier molecular flexibility index (Phi) is 9.16. The first-order valence-electron chi connectivity index (χ1n) is 12.6. The molecule has 0 amide bonds. The van der Waals surface area contributed by atoms with Crippen LogP contribution >= 0.6 is 11.3 Å². The number of carbonyl (C=O) groups is 2. The van der Waals surface area contributed by atoms with E-state index in [1.807, 2.05) is 0 Å². The molecular weight excluding hydrogens is 564 g/mol. The lowest BCUT2D eigenvalue weighted by atomic mass is 9.95. The molecule has 0 radical (unpaired) electrons. The molecule has 220 valence electrons. The number of methoxy groups -OCH3 is 4. The first-order valence-corrected chi connectivity index (χ1v) is 13.5. The van der Waals surface area contributed by atoms with Gasteiger partial charge in [-0.3, -0.25) is 14.2 Å². The topological polar surface area (TPSA) is 124 Å². The molecule has 1 aliphatic heterocycles. The van der Waals surface area contributed by atoms with E-state index < -0.39 is 18.0 Å². The van der Waals surface area contributed by atoms with Gasteiger partial charge >= 0.3 is 11.9 Å². The number of rotatable bonds is 10. The van der Waals surface area contributed by atoms with E-state index in [-0.39, 0.29) is 29.2 Å². The summed E-state index contributed by atoms with van der Waals surface area (Å²) in [6, 6.07) is 7.34. The zero-order chi connectivity index (χ0) is 30.6. The monoisotopic (exact) mass is 594 g/mol. The Balaban J connectivity index is 1.96. The van der Waals surface area contributed by atoms with E-state index in [2.05, 4.69) is 11.6 Å². The molecule has 4 rings (SSSR count). The summed E-state index contributed by atoms with van der Waals surface area (Å²) in [5.74, 6) is 0.542. The van der Waals surface area contributed by atoms with Crippen molar-refractivity contribution in [2.24, 2.45) is 4.99 Å². The highest BCUT2D eigenvalue weighted by atomic mass is 32.1. The molecule has 1 aromatic heterocycles. The van der Waals surface area contributed by atoms with Crippen molar-refractivity contribution in [3.63, 3.8) is 0 Å². The fourth-order valence-corrected chi connectivity index (χ4v) is 5.59. The van der Waals surface area contributed by atoms with E-state index in [0.717, 1.165) is 11.3 Å². The SMILES string of the molecule is C=CCOC(=O)C1=C(C)N=c2s/c(=C\c3cc(OC)c(OC)c(OC)c3)c(=O)n2C1c1ccc(OC(C)=O)c(OC)c1. The number of ether oxygens (including phenoxy) is 6. The van der Waals surface area contributed by atoms with E-state index >= 15 is 0 Å². The molecule has 0 N–H and O–H groups in total. The van der Waals surface area contributed by atoms with Crippen LogP contribution in [0, 0.1) is 0 Å². The number of benzene rings is 2. The van der Waals surface area contributed by atoms with Gasteiger partial charge in [-0.15, -0.1) is 0 Å². The van der Waals surface area contributed by atoms with Gasteiger partial charge < -0.3 is 28.4 Å². The number of allylic oxidation sites excluding steroid dienone is 1. The molecule has 1 atom stereocenters. The number of thiazole rings is 1. The Bertz CT molecular complexity index is 1740. The van der Waals surface area contributed by atoms with Crippen LogP contribution in [0.2, 0.25) is 0 Å². The Morgan fingerprint density at radius 3 is 2.24 bits per heavy atom. The molecule has 42 heavy (non-hydrogen) atoms. The summed E-state index contributed by atoms with van der Waals surface area (Å²) in [7, 11) is 5.94. The lowest BCUT2D eigenvalue weighted by Gasteiger charge is -2.25. The van der Waals surface area contributed by atoms with E-state index in [1.165, 1.54) is 46.0 Å². The van der Waals surface area contributed by atoms with Gasteiger partial charge in [0.05, 0.1) is 50.3 Å². The smallest absolute Gasteiger partial charge is 0.338 e. The van der Waals surface area contributed by atoms with Crippen LogP contribution in [0.4, 0.5) is 0 Å². The highest BCUT2D eigenvalue weighted by Gasteiger charge is 2.34. The Morgan fingerprint density at radius 2 is 1.67 bits per heavy atom. The van der Waals surface area contributed by atoms with E-state index in [1.54, 1.807) is 43.3 Å². The number of nitrogens with zero attached hydrogens (tertiary/aromatic N) is 2. The molecule has 0 spiro atoms. The normalized spacial score (nSPS) is 14.4. The average Bonchev–Trinajstić information content (AvgIpc) is 3.28. The van der Waals surface area contributed by atoms with Crippen molar-refractivity contribution in [2.45, 2.75) is 19.9 Å². The maximum absolute atomic E-state index is 14.0. The molecular formula is C30H30N2O9S. The number of fused-ring (bicyclic) bond motifs is 1. The lowest BCUT2D eigenvalue weighted by Crippen LogP contribution is -2.40. The van der Waals surface area contributed by atoms with Crippen molar-refractivity contribution in [1.82, 2.24) is 4.57 Å². The summed E-state index contributed by atoms with van der Waals surface area (Å²) in [4.78, 5) is 43.8. The summed E-state index contributed by atoms with van der Waals surface area (Å²) >= 11 is 1.16. The third-order valence-corrected chi connectivity index (χ3v) is 7.30. The molecule has 1 aliphatic rings. The van der Waals surface area contributed by atoms with Crippen molar-refractivity contribution >= 4 is 29.4 Å². The Labute approximate surface area is 245 Å². The van der Waals surface area contributed by atoms with Gasteiger partial charge in [0.1, 0.15) is 6.61 Å². The first-order chi connectivity index (χ1) is 20.2. The maximum Gasteiger partial charge on any atom is 0.338 e. The minimum atomic E-state index is -0.916. The quantitative estimate of drug-likeness (QED) is 0.198. The minimum absolute atomic E-state index is 0.0252. The van der Waals surface area contributed by atoms with Gasteiger partial charge in [0.25, 0.3) is 5.56 Å². The molecule has 2 aromatic carbocycles. The van der Waals surface area contributed by atoms with Crippen LogP contribution in [0.1, 0.15) is 31.0 Å². The van der Waals surface area contributed by atoms with Crippen LogP contribution in [0.5, 0.6) is 28.7 Å². The van der Waals surface area contributed by atoms with Crippen molar-refractivity contribution in [2.75, 3.05) is 35.0 Å². The van der Waals surface area contributed by atoms with Gasteiger partial charge in [0.2, 0.25) is 5.75 Å². The average molecular weight is 595 g/mol. The van der Waals surface area contributed by atoms with Gasteiger partial charge in [0, 0.05) is 6.92 Å². The fourth-order valence-electron chi connectivity index (χ4n) is 4.54. The highest BCUT2D eigenvalue weighted by molar-refractivity contribution is 7.07. The molecule has 2 heterocycles. The number of hydrogen-bond donors (Lipinski definition) is 0. The lowest BCUT2D eigenvalue weighted by molar-refractivity contribution is -0.138. The number of carbonyl (C=O) groups excluding carboxylic acids is 2. The van der Waals surface area contributed by atoms with Gasteiger partial charge in [-0.05, 0) is 48.4 Å². The molecule has 0 fully saturated rings. The second kappa shape index (κ2) is 12.8. The molecule has 12 heteroatoms. The van der Waals surface area contributed by atoms with Crippen molar-refractivity contribution < 1.29 is 38.0 Å². The maximum atomic E-state index is 14.0. The summed E-state index contributed by atoms with van der Waals surface area (Å²) in [5, 5.41) is 0. The summed E-state index contributed by atoms with van der Waals surface area (Å²) < 4.78 is 34.2. The third-order valence-electron chi connectivity index (χ3n) is 6.32. The van der Waals surface area contributed by atoms with Crippen LogP contribution in [0.25, 0.3) is 6.08 Å². The van der Waals surface area contributed by atoms with Gasteiger partial charge in [-0.25, -0.2) is 9.79 Å². The Hall–Kier alpha value is -4.84. The van der Waals surface area contributed by atoms with Crippen molar-refractivity contribution in [3.05, 3.63) is 85.1 Å². The molecule has 3 aromatic rings. The van der Waals surface area contributed by atoms with E-state index in [4.69, 9.17) is 28.4 Å². The summed E-state index contributed by atoms with van der Waals surface area (Å²) in [6.07, 6.45) is 3.14. The largest absolute Gasteiger partial charge is 0.493 e. The van der Waals surface area contributed by atoms with Crippen molar-refractivity contribution in [1.29, 1.82) is 0 Å². The zero-order valence-electron chi connectivity index (χ0n) is 24.0. The van der Waals surface area contributed by atoms with Crippen LogP contribution in [-0.4, -0.2) is 51.6 Å². The van der Waals surface area contributed by atoms with E-state index in [9.17, 15) is 14.4 Å².